The van der Waals surface area contributed by atoms with Gasteiger partial charge in [-0.3, -0.25) is 0 Å². The maximum Gasteiger partial charge on any atom is 0.416 e. The second-order valence-electron chi connectivity index (χ2n) is 3.71. The van der Waals surface area contributed by atoms with E-state index >= 15 is 0 Å². The average Bonchev–Trinajstić information content (AvgIpc) is 2.14. The van der Waals surface area contributed by atoms with Crippen molar-refractivity contribution in [3.8, 4) is 0 Å². The summed E-state index contributed by atoms with van der Waals surface area (Å²) in [6, 6.07) is 5.40. The molecule has 0 heterocycles. The molecule has 0 aliphatic carbocycles. The van der Waals surface area contributed by atoms with Crippen molar-refractivity contribution in [1.82, 2.24) is 0 Å². The summed E-state index contributed by atoms with van der Waals surface area (Å²) < 4.78 is 37.0. The van der Waals surface area contributed by atoms with Crippen LogP contribution in [-0.4, -0.2) is 6.04 Å². The van der Waals surface area contributed by atoms with Crippen LogP contribution in [-0.2, 0) is 12.6 Å². The summed E-state index contributed by atoms with van der Waals surface area (Å²) in [7, 11) is 0. The van der Waals surface area contributed by atoms with Crippen LogP contribution in [0.3, 0.4) is 0 Å². The Hall–Kier alpha value is -1.03. The Morgan fingerprint density at radius 2 is 2.00 bits per heavy atom. The molecule has 0 saturated carbocycles. The fraction of sp³-hybridized carbons (Fsp3) is 0.455. The van der Waals surface area contributed by atoms with Gasteiger partial charge >= 0.3 is 6.18 Å². The Morgan fingerprint density at radius 3 is 2.53 bits per heavy atom. The lowest BCUT2D eigenvalue weighted by molar-refractivity contribution is -0.137. The number of hydrogen-bond acceptors (Lipinski definition) is 1. The standard InChI is InChI=1S/C11H14F3N/c1-8(15)5-6-9-3-2-4-10(7-9)11(12,13)14/h2-4,7-8H,5-6,15H2,1H3/t8-/m0/s1. The van der Waals surface area contributed by atoms with Crippen LogP contribution in [0, 0.1) is 0 Å². The number of nitrogens with two attached hydrogens (primary N) is 1. The van der Waals surface area contributed by atoms with Gasteiger partial charge in [-0.25, -0.2) is 0 Å². The van der Waals surface area contributed by atoms with E-state index in [1.807, 2.05) is 6.92 Å². The van der Waals surface area contributed by atoms with Crippen LogP contribution in [0.15, 0.2) is 24.3 Å². The Morgan fingerprint density at radius 1 is 1.33 bits per heavy atom. The highest BCUT2D eigenvalue weighted by Crippen LogP contribution is 2.29. The van der Waals surface area contributed by atoms with E-state index in [4.69, 9.17) is 5.73 Å². The Kier molecular flexibility index (Phi) is 3.74. The second kappa shape index (κ2) is 4.66. The van der Waals surface area contributed by atoms with Crippen molar-refractivity contribution in [3.05, 3.63) is 35.4 Å². The third-order valence-electron chi connectivity index (χ3n) is 2.14. The van der Waals surface area contributed by atoms with Gasteiger partial charge in [-0.1, -0.05) is 18.2 Å². The molecule has 0 unspecified atom stereocenters. The normalized spacial score (nSPS) is 13.9. The first-order valence-corrected chi connectivity index (χ1v) is 4.81. The molecule has 0 amide bonds. The van der Waals surface area contributed by atoms with Crippen molar-refractivity contribution in [2.24, 2.45) is 5.73 Å². The lowest BCUT2D eigenvalue weighted by Crippen LogP contribution is -2.15. The van der Waals surface area contributed by atoms with Crippen molar-refractivity contribution in [3.63, 3.8) is 0 Å². The molecule has 0 aromatic heterocycles. The third-order valence-corrected chi connectivity index (χ3v) is 2.14. The first-order chi connectivity index (χ1) is 6.89. The average molecular weight is 217 g/mol. The zero-order valence-electron chi connectivity index (χ0n) is 8.51. The fourth-order valence-corrected chi connectivity index (χ4v) is 1.30. The summed E-state index contributed by atoms with van der Waals surface area (Å²) in [5.74, 6) is 0. The van der Waals surface area contributed by atoms with Crippen LogP contribution < -0.4 is 5.73 Å². The summed E-state index contributed by atoms with van der Waals surface area (Å²) >= 11 is 0. The van der Waals surface area contributed by atoms with E-state index in [0.717, 1.165) is 6.07 Å². The highest BCUT2D eigenvalue weighted by atomic mass is 19.4. The minimum absolute atomic E-state index is 0.0135. The third kappa shape index (κ3) is 3.91. The smallest absolute Gasteiger partial charge is 0.328 e. The monoisotopic (exact) mass is 217 g/mol. The summed E-state index contributed by atoms with van der Waals surface area (Å²) in [4.78, 5) is 0. The maximum absolute atomic E-state index is 12.3. The molecule has 0 aliphatic rings. The maximum atomic E-state index is 12.3. The van der Waals surface area contributed by atoms with Crippen molar-refractivity contribution in [1.29, 1.82) is 0 Å². The number of rotatable bonds is 3. The molecule has 1 aromatic carbocycles. The number of aryl methyl sites for hydroxylation is 1. The van der Waals surface area contributed by atoms with Gasteiger partial charge in [0.2, 0.25) is 0 Å². The van der Waals surface area contributed by atoms with Gasteiger partial charge in [0, 0.05) is 6.04 Å². The molecule has 0 fully saturated rings. The zero-order valence-corrected chi connectivity index (χ0v) is 8.51. The summed E-state index contributed by atoms with van der Waals surface area (Å²) in [6.07, 6.45) is -2.98. The quantitative estimate of drug-likeness (QED) is 0.827. The first-order valence-electron chi connectivity index (χ1n) is 4.81. The van der Waals surface area contributed by atoms with Crippen molar-refractivity contribution in [2.45, 2.75) is 32.0 Å². The van der Waals surface area contributed by atoms with E-state index < -0.39 is 11.7 Å². The van der Waals surface area contributed by atoms with E-state index in [-0.39, 0.29) is 6.04 Å². The largest absolute Gasteiger partial charge is 0.416 e. The Balaban J connectivity index is 2.75. The summed E-state index contributed by atoms with van der Waals surface area (Å²) in [5.41, 5.74) is 5.63. The predicted octanol–water partition coefficient (Wildman–Crippen LogP) is 2.99. The topological polar surface area (TPSA) is 26.0 Å². The summed E-state index contributed by atoms with van der Waals surface area (Å²) in [5, 5.41) is 0. The van der Waals surface area contributed by atoms with Crippen LogP contribution in [0.2, 0.25) is 0 Å². The SMILES string of the molecule is C[C@H](N)CCc1cccc(C(F)(F)F)c1. The van der Waals surface area contributed by atoms with Gasteiger partial charge < -0.3 is 5.73 Å². The molecule has 1 rings (SSSR count). The summed E-state index contributed by atoms with van der Waals surface area (Å²) in [6.45, 7) is 1.84. The lowest BCUT2D eigenvalue weighted by Gasteiger charge is -2.09. The predicted molar refractivity (Wildman–Crippen MR) is 53.4 cm³/mol. The van der Waals surface area contributed by atoms with Crippen LogP contribution in [0.25, 0.3) is 0 Å². The number of benzene rings is 1. The van der Waals surface area contributed by atoms with E-state index in [2.05, 4.69) is 0 Å². The molecule has 0 spiro atoms. The van der Waals surface area contributed by atoms with E-state index in [1.54, 1.807) is 6.07 Å². The van der Waals surface area contributed by atoms with E-state index in [1.165, 1.54) is 12.1 Å². The lowest BCUT2D eigenvalue weighted by atomic mass is 10.0. The number of alkyl halides is 3. The van der Waals surface area contributed by atoms with Crippen molar-refractivity contribution in [2.75, 3.05) is 0 Å². The van der Waals surface area contributed by atoms with E-state index in [9.17, 15) is 13.2 Å². The van der Waals surface area contributed by atoms with Crippen molar-refractivity contribution >= 4 is 0 Å². The molecule has 1 atom stereocenters. The van der Waals surface area contributed by atoms with Gasteiger partial charge in [-0.05, 0) is 31.4 Å². The number of hydrogen-bond donors (Lipinski definition) is 1. The zero-order chi connectivity index (χ0) is 11.5. The molecule has 2 N–H and O–H groups in total. The molecule has 4 heteroatoms. The Labute approximate surface area is 87.1 Å². The molecule has 0 saturated heterocycles. The molecule has 15 heavy (non-hydrogen) atoms. The first kappa shape index (κ1) is 12.0. The van der Waals surface area contributed by atoms with Crippen LogP contribution in [0.1, 0.15) is 24.5 Å². The molecular weight excluding hydrogens is 203 g/mol. The molecule has 1 nitrogen and oxygen atoms in total. The highest BCUT2D eigenvalue weighted by molar-refractivity contribution is 5.25. The van der Waals surface area contributed by atoms with Gasteiger partial charge in [-0.2, -0.15) is 13.2 Å². The molecule has 0 bridgehead atoms. The second-order valence-corrected chi connectivity index (χ2v) is 3.71. The van der Waals surface area contributed by atoms with Crippen LogP contribution >= 0.6 is 0 Å². The van der Waals surface area contributed by atoms with Gasteiger partial charge in [0.25, 0.3) is 0 Å². The highest BCUT2D eigenvalue weighted by Gasteiger charge is 2.30. The molecule has 84 valence electrons. The van der Waals surface area contributed by atoms with Gasteiger partial charge in [0.05, 0.1) is 5.56 Å². The molecule has 0 aliphatic heterocycles. The minimum Gasteiger partial charge on any atom is -0.328 e. The van der Waals surface area contributed by atoms with Crippen LogP contribution in [0.5, 0.6) is 0 Å². The van der Waals surface area contributed by atoms with E-state index in [0.29, 0.717) is 18.4 Å². The fourth-order valence-electron chi connectivity index (χ4n) is 1.30. The van der Waals surface area contributed by atoms with Crippen molar-refractivity contribution < 1.29 is 13.2 Å². The Bertz CT molecular complexity index is 318. The number of halogens is 3. The molecular formula is C11H14F3N. The van der Waals surface area contributed by atoms with Crippen LogP contribution in [0.4, 0.5) is 13.2 Å². The van der Waals surface area contributed by atoms with Gasteiger partial charge in [-0.15, -0.1) is 0 Å². The van der Waals surface area contributed by atoms with Gasteiger partial charge in [0.15, 0.2) is 0 Å². The minimum atomic E-state index is -4.26. The van der Waals surface area contributed by atoms with Gasteiger partial charge in [0.1, 0.15) is 0 Å². The molecule has 0 radical (unpaired) electrons. The molecule has 1 aromatic rings.